The second-order valence-corrected chi connectivity index (χ2v) is 6.53. The molecule has 0 saturated carbocycles. The fourth-order valence-electron chi connectivity index (χ4n) is 2.01. The number of hydrogen-bond donors (Lipinski definition) is 2. The van der Waals surface area contributed by atoms with Crippen LogP contribution in [0.25, 0.3) is 0 Å². The topological polar surface area (TPSA) is 94.8 Å². The molecule has 6 nitrogen and oxygen atoms in total. The first-order chi connectivity index (χ1) is 10.4. The second-order valence-electron chi connectivity index (χ2n) is 5.10. The van der Waals surface area contributed by atoms with Crippen molar-refractivity contribution in [1.82, 2.24) is 4.98 Å². The molecule has 0 amide bonds. The van der Waals surface area contributed by atoms with Crippen LogP contribution in [0, 0.1) is 5.92 Å². The summed E-state index contributed by atoms with van der Waals surface area (Å²) in [5.41, 5.74) is 0. The van der Waals surface area contributed by atoms with E-state index in [1.165, 1.54) is 31.7 Å². The van der Waals surface area contributed by atoms with Crippen molar-refractivity contribution in [1.29, 1.82) is 0 Å². The summed E-state index contributed by atoms with van der Waals surface area (Å²) in [6.07, 6.45) is 2.69. The van der Waals surface area contributed by atoms with Gasteiger partial charge in [0.15, 0.2) is 5.97 Å². The quantitative estimate of drug-likeness (QED) is 0.438. The molecular weight excluding hydrogens is 328 g/mol. The number of nitrogens with zero attached hydrogens (tertiary/aromatic N) is 1. The Morgan fingerprint density at radius 3 is 2.55 bits per heavy atom. The van der Waals surface area contributed by atoms with Gasteiger partial charge in [-0.3, -0.25) is 0 Å². The molecule has 8 heteroatoms. The Balaban J connectivity index is 0.000000346. The zero-order valence-corrected chi connectivity index (χ0v) is 13.8. The fourth-order valence-corrected chi connectivity index (χ4v) is 3.30. The number of quaternary nitrogens is 1. The summed E-state index contributed by atoms with van der Waals surface area (Å²) in [7, 11) is 2.28. The molecule has 1 aromatic rings. The average Bonchev–Trinajstić information content (AvgIpc) is 2.47. The molecule has 2 rings (SSSR count). The maximum atomic E-state index is 9.04. The van der Waals surface area contributed by atoms with Crippen LogP contribution in [0.5, 0.6) is 0 Å². The molecule has 0 bridgehead atoms. The van der Waals surface area contributed by atoms with Crippen LogP contribution >= 0.6 is 23.4 Å². The van der Waals surface area contributed by atoms with Crippen LogP contribution < -0.4 is 10.0 Å². The van der Waals surface area contributed by atoms with Crippen molar-refractivity contribution >= 4 is 35.3 Å². The number of rotatable bonds is 3. The van der Waals surface area contributed by atoms with E-state index in [1.807, 2.05) is 30.0 Å². The number of carbonyl (C=O) groups excluding carboxylic acids is 1. The Hall–Kier alpha value is -1.31. The lowest BCUT2D eigenvalue weighted by Gasteiger charge is -2.25. The molecule has 1 aliphatic heterocycles. The minimum absolute atomic E-state index is 0.595. The first-order valence-electron chi connectivity index (χ1n) is 6.89. The lowest BCUT2D eigenvalue weighted by atomic mass is 10.00. The molecule has 2 heterocycles. The normalized spacial score (nSPS) is 20.6. The Bertz CT molecular complexity index is 495. The standard InChI is InChI=1S/C12H17ClN2S.C2H2O4/c1-15-7-5-10(6-8-15)9-16-12-4-2-3-11(13)14-12;3-1(4)2(5)6/h2-4,10H,5-9H2,1H3;(H,3,4)(H,5,6). The number of halogens is 1. The van der Waals surface area contributed by atoms with Crippen LogP contribution in [0.15, 0.2) is 23.2 Å². The number of nitrogens with one attached hydrogen (secondary N) is 1. The minimum Gasteiger partial charge on any atom is -0.539 e. The van der Waals surface area contributed by atoms with Crippen molar-refractivity contribution in [2.24, 2.45) is 5.92 Å². The van der Waals surface area contributed by atoms with Crippen molar-refractivity contribution in [3.63, 3.8) is 0 Å². The molecule has 2 N–H and O–H groups in total. The number of carbonyl (C=O) groups is 2. The summed E-state index contributed by atoms with van der Waals surface area (Å²) in [5.74, 6) is -1.97. The molecule has 0 aromatic carbocycles. The van der Waals surface area contributed by atoms with Crippen LogP contribution in [-0.2, 0) is 9.59 Å². The number of carboxylic acids is 2. The molecule has 1 aromatic heterocycles. The first-order valence-corrected chi connectivity index (χ1v) is 8.25. The molecule has 1 fully saturated rings. The van der Waals surface area contributed by atoms with E-state index >= 15 is 0 Å². The largest absolute Gasteiger partial charge is 0.539 e. The minimum atomic E-state index is -2.07. The number of pyridine rings is 1. The molecule has 1 saturated heterocycles. The third-order valence-corrected chi connectivity index (χ3v) is 4.66. The average molecular weight is 347 g/mol. The number of aliphatic carboxylic acids is 2. The second kappa shape index (κ2) is 9.66. The summed E-state index contributed by atoms with van der Waals surface area (Å²) in [6, 6.07) is 5.83. The third kappa shape index (κ3) is 7.63. The molecule has 122 valence electrons. The SMILES string of the molecule is C[NH+]1CCC(CSc2cccc(Cl)n2)CC1.O=C([O-])C(=O)O. The lowest BCUT2D eigenvalue weighted by Crippen LogP contribution is -3.10. The van der Waals surface area contributed by atoms with E-state index in [0.29, 0.717) is 5.15 Å². The Morgan fingerprint density at radius 2 is 2.05 bits per heavy atom. The highest BCUT2D eigenvalue weighted by Gasteiger charge is 2.19. The van der Waals surface area contributed by atoms with Gasteiger partial charge < -0.3 is 19.9 Å². The molecule has 0 radical (unpaired) electrons. The van der Waals surface area contributed by atoms with Gasteiger partial charge in [-0.25, -0.2) is 9.78 Å². The first kappa shape index (κ1) is 18.7. The van der Waals surface area contributed by atoms with Gasteiger partial charge in [-0.05, 0) is 18.1 Å². The number of thioether (sulfide) groups is 1. The summed E-state index contributed by atoms with van der Waals surface area (Å²) in [5, 5.41) is 18.0. The van der Waals surface area contributed by atoms with E-state index < -0.39 is 11.9 Å². The van der Waals surface area contributed by atoms with Crippen LogP contribution in [-0.4, -0.2) is 47.9 Å². The van der Waals surface area contributed by atoms with Crippen LogP contribution in [0.4, 0.5) is 0 Å². The van der Waals surface area contributed by atoms with Gasteiger partial charge in [0, 0.05) is 18.6 Å². The van der Waals surface area contributed by atoms with E-state index in [2.05, 4.69) is 12.0 Å². The summed E-state index contributed by atoms with van der Waals surface area (Å²) in [6.45, 7) is 2.63. The predicted molar refractivity (Wildman–Crippen MR) is 82.0 cm³/mol. The number of piperidine rings is 1. The van der Waals surface area contributed by atoms with Gasteiger partial charge in [-0.1, -0.05) is 17.7 Å². The number of likely N-dealkylation sites (tertiary alicyclic amines) is 1. The van der Waals surface area contributed by atoms with Gasteiger partial charge in [-0.15, -0.1) is 11.8 Å². The van der Waals surface area contributed by atoms with Gasteiger partial charge >= 0.3 is 5.97 Å². The van der Waals surface area contributed by atoms with Crippen LogP contribution in [0.3, 0.4) is 0 Å². The number of hydrogen-bond acceptors (Lipinski definition) is 5. The van der Waals surface area contributed by atoms with Gasteiger partial charge in [0.1, 0.15) is 5.15 Å². The molecule has 0 unspecified atom stereocenters. The third-order valence-electron chi connectivity index (χ3n) is 3.29. The number of aromatic nitrogens is 1. The maximum absolute atomic E-state index is 9.04. The van der Waals surface area contributed by atoms with Crippen molar-refractivity contribution < 1.29 is 24.7 Å². The van der Waals surface area contributed by atoms with Crippen LogP contribution in [0.1, 0.15) is 12.8 Å². The molecule has 1 aliphatic rings. The van der Waals surface area contributed by atoms with E-state index in [0.717, 1.165) is 10.9 Å². The van der Waals surface area contributed by atoms with Gasteiger partial charge in [0.05, 0.1) is 25.2 Å². The zero-order valence-electron chi connectivity index (χ0n) is 12.3. The van der Waals surface area contributed by atoms with E-state index in [1.54, 1.807) is 4.90 Å². The Morgan fingerprint density at radius 1 is 1.45 bits per heavy atom. The number of carboxylic acid groups (broad SMARTS) is 2. The molecule has 0 atom stereocenters. The van der Waals surface area contributed by atoms with E-state index in [4.69, 9.17) is 31.4 Å². The fraction of sp³-hybridized carbons (Fsp3) is 0.500. The lowest BCUT2D eigenvalue weighted by molar-refractivity contribution is -0.885. The van der Waals surface area contributed by atoms with Crippen molar-refractivity contribution in [3.8, 4) is 0 Å². The van der Waals surface area contributed by atoms with Gasteiger partial charge in [0.2, 0.25) is 0 Å². The monoisotopic (exact) mass is 346 g/mol. The highest BCUT2D eigenvalue weighted by molar-refractivity contribution is 7.99. The summed E-state index contributed by atoms with van der Waals surface area (Å²) in [4.78, 5) is 24.0. The van der Waals surface area contributed by atoms with Crippen molar-refractivity contribution in [2.75, 3.05) is 25.9 Å². The van der Waals surface area contributed by atoms with Gasteiger partial charge in [-0.2, -0.15) is 0 Å². The Kier molecular flexibility index (Phi) is 8.22. The molecule has 22 heavy (non-hydrogen) atoms. The van der Waals surface area contributed by atoms with Crippen LogP contribution in [0.2, 0.25) is 5.15 Å². The molecule has 0 aliphatic carbocycles. The van der Waals surface area contributed by atoms with E-state index in [9.17, 15) is 0 Å². The van der Waals surface area contributed by atoms with Crippen molar-refractivity contribution in [2.45, 2.75) is 17.9 Å². The van der Waals surface area contributed by atoms with Crippen molar-refractivity contribution in [3.05, 3.63) is 23.4 Å². The highest BCUT2D eigenvalue weighted by Crippen LogP contribution is 2.23. The van der Waals surface area contributed by atoms with Gasteiger partial charge in [0.25, 0.3) is 0 Å². The summed E-state index contributed by atoms with van der Waals surface area (Å²) < 4.78 is 0. The zero-order chi connectivity index (χ0) is 16.5. The predicted octanol–water partition coefficient (Wildman–Crippen LogP) is -0.427. The van der Waals surface area contributed by atoms with E-state index in [-0.39, 0.29) is 0 Å². The molecular formula is C14H19ClN2O4S. The summed E-state index contributed by atoms with van der Waals surface area (Å²) >= 11 is 7.70. The molecule has 0 spiro atoms. The maximum Gasteiger partial charge on any atom is 0.351 e. The highest BCUT2D eigenvalue weighted by atomic mass is 35.5. The smallest absolute Gasteiger partial charge is 0.351 e. The Labute approximate surface area is 138 Å².